The van der Waals surface area contributed by atoms with Crippen molar-refractivity contribution < 1.29 is 9.47 Å². The fraction of sp³-hybridized carbons (Fsp3) is 0.615. The Kier molecular flexibility index (Phi) is 18.0. The van der Waals surface area contributed by atoms with Crippen LogP contribution in [0.3, 0.4) is 0 Å². The number of hydrogen-bond acceptors (Lipinski definition) is 2. The Bertz CT molecular complexity index is 616. The molecule has 2 aromatic rings. The maximum Gasteiger partial charge on any atom is 0.145 e. The molecule has 1 saturated heterocycles. The summed E-state index contributed by atoms with van der Waals surface area (Å²) < 4.78 is 10.2. The van der Waals surface area contributed by atoms with Crippen molar-refractivity contribution in [1.82, 2.24) is 0 Å². The van der Waals surface area contributed by atoms with Crippen molar-refractivity contribution in [3.8, 4) is 5.75 Å². The van der Waals surface area contributed by atoms with Gasteiger partial charge in [0.05, 0.1) is 6.61 Å². The van der Waals surface area contributed by atoms with Crippen molar-refractivity contribution in [3.63, 3.8) is 0 Å². The Morgan fingerprint density at radius 1 is 0.931 bits per heavy atom. The number of hydrogen-bond donors (Lipinski definition) is 1. The number of thiol groups is 1. The summed E-state index contributed by atoms with van der Waals surface area (Å²) in [6.07, 6.45) is 7.66. The first-order valence-corrected chi connectivity index (χ1v) is 12.2. The molecule has 1 aliphatic heterocycles. The van der Waals surface area contributed by atoms with Crippen molar-refractivity contribution in [3.05, 3.63) is 36.4 Å². The van der Waals surface area contributed by atoms with Crippen LogP contribution in [0.15, 0.2) is 41.3 Å². The SMILES string of the molecule is C1CC[OH+]C1.CC.CC.CCCCC(CC)COc1ccc(S)c2ccccc12. The van der Waals surface area contributed by atoms with Gasteiger partial charge in [-0.2, -0.15) is 0 Å². The first-order chi connectivity index (χ1) is 14.3. The minimum atomic E-state index is 0.657. The van der Waals surface area contributed by atoms with E-state index in [1.807, 2.05) is 45.9 Å². The molecule has 1 atom stereocenters. The predicted molar refractivity (Wildman–Crippen MR) is 134 cm³/mol. The smallest absolute Gasteiger partial charge is 0.145 e. The molecule has 1 fully saturated rings. The molecular formula is C26H45O2S+. The summed E-state index contributed by atoms with van der Waals surface area (Å²) in [7, 11) is 0. The van der Waals surface area contributed by atoms with Crippen LogP contribution in [0, 0.1) is 5.92 Å². The predicted octanol–water partition coefficient (Wildman–Crippen LogP) is 8.08. The summed E-state index contributed by atoms with van der Waals surface area (Å²) >= 11 is 4.52. The van der Waals surface area contributed by atoms with Crippen LogP contribution in [-0.2, 0) is 0 Å². The van der Waals surface area contributed by atoms with Gasteiger partial charge in [-0.15, -0.1) is 12.6 Å². The Morgan fingerprint density at radius 2 is 1.55 bits per heavy atom. The zero-order valence-corrected chi connectivity index (χ0v) is 20.6. The molecule has 2 nitrogen and oxygen atoms in total. The van der Waals surface area contributed by atoms with E-state index in [1.165, 1.54) is 38.5 Å². The third-order valence-electron chi connectivity index (χ3n) is 4.76. The molecule has 1 N–H and O–H groups in total. The summed E-state index contributed by atoms with van der Waals surface area (Å²) in [5, 5.41) is 2.32. The van der Waals surface area contributed by atoms with Gasteiger partial charge in [0.25, 0.3) is 0 Å². The lowest BCUT2D eigenvalue weighted by Crippen LogP contribution is -2.11. The summed E-state index contributed by atoms with van der Waals surface area (Å²) in [5.74, 6) is 1.64. The number of unbranched alkanes of at least 4 members (excludes halogenated alkanes) is 1. The highest BCUT2D eigenvalue weighted by Crippen LogP contribution is 2.31. The molecule has 0 aliphatic carbocycles. The van der Waals surface area contributed by atoms with E-state index >= 15 is 0 Å². The van der Waals surface area contributed by atoms with Crippen LogP contribution < -0.4 is 4.74 Å². The molecule has 29 heavy (non-hydrogen) atoms. The highest BCUT2D eigenvalue weighted by atomic mass is 32.1. The van der Waals surface area contributed by atoms with Crippen molar-refractivity contribution in [2.45, 2.75) is 85.0 Å². The lowest BCUT2D eigenvalue weighted by Gasteiger charge is -2.17. The van der Waals surface area contributed by atoms with Gasteiger partial charge < -0.3 is 9.47 Å². The topological polar surface area (TPSA) is 22.0 Å². The third-order valence-corrected chi connectivity index (χ3v) is 5.15. The van der Waals surface area contributed by atoms with Crippen LogP contribution in [0.25, 0.3) is 10.8 Å². The van der Waals surface area contributed by atoms with Crippen LogP contribution in [0.1, 0.15) is 80.1 Å². The summed E-state index contributed by atoms with van der Waals surface area (Å²) in [6, 6.07) is 12.4. The molecule has 3 rings (SSSR count). The molecule has 0 saturated carbocycles. The van der Waals surface area contributed by atoms with E-state index in [0.29, 0.717) is 5.92 Å². The van der Waals surface area contributed by atoms with Gasteiger partial charge in [0.2, 0.25) is 0 Å². The molecule has 1 unspecified atom stereocenters. The Balaban J connectivity index is 0.000000732. The molecule has 2 aromatic carbocycles. The zero-order chi connectivity index (χ0) is 21.9. The molecule has 1 heterocycles. The van der Waals surface area contributed by atoms with Crippen LogP contribution in [0.2, 0.25) is 0 Å². The number of rotatable bonds is 7. The van der Waals surface area contributed by atoms with Crippen LogP contribution in [0.4, 0.5) is 0 Å². The van der Waals surface area contributed by atoms with E-state index in [0.717, 1.165) is 41.2 Å². The lowest BCUT2D eigenvalue weighted by atomic mass is 10.0. The molecule has 166 valence electrons. The van der Waals surface area contributed by atoms with E-state index in [4.69, 9.17) is 4.74 Å². The van der Waals surface area contributed by atoms with Gasteiger partial charge in [-0.05, 0) is 29.9 Å². The number of ether oxygens (including phenoxy) is 2. The molecule has 3 heteroatoms. The van der Waals surface area contributed by atoms with Crippen molar-refractivity contribution in [1.29, 1.82) is 0 Å². The Hall–Kier alpha value is -1.19. The molecular weight excluding hydrogens is 376 g/mol. The van der Waals surface area contributed by atoms with Crippen molar-refractivity contribution >= 4 is 23.4 Å². The molecule has 0 radical (unpaired) electrons. The van der Waals surface area contributed by atoms with Gasteiger partial charge >= 0.3 is 0 Å². The highest BCUT2D eigenvalue weighted by Gasteiger charge is 2.09. The summed E-state index contributed by atoms with van der Waals surface area (Å²) in [6.45, 7) is 15.6. The Labute approximate surface area is 185 Å². The Morgan fingerprint density at radius 3 is 2.07 bits per heavy atom. The molecule has 0 spiro atoms. The highest BCUT2D eigenvalue weighted by molar-refractivity contribution is 7.80. The second kappa shape index (κ2) is 18.8. The van der Waals surface area contributed by atoms with E-state index in [-0.39, 0.29) is 0 Å². The van der Waals surface area contributed by atoms with Gasteiger partial charge in [0, 0.05) is 23.1 Å². The molecule has 0 aromatic heterocycles. The summed E-state index contributed by atoms with van der Waals surface area (Å²) in [5.41, 5.74) is 0. The zero-order valence-electron chi connectivity index (χ0n) is 19.7. The van der Waals surface area contributed by atoms with Crippen LogP contribution in [-0.4, -0.2) is 24.6 Å². The lowest BCUT2D eigenvalue weighted by molar-refractivity contribution is 0.0102. The van der Waals surface area contributed by atoms with Gasteiger partial charge in [0.1, 0.15) is 19.0 Å². The minimum Gasteiger partial charge on any atom is -0.493 e. The van der Waals surface area contributed by atoms with Crippen molar-refractivity contribution in [2.24, 2.45) is 5.92 Å². The molecule has 0 bridgehead atoms. The standard InChI is InChI=1S/C18H24OS.C4H8O.2C2H6/c1-3-5-8-14(4-2)13-19-17-11-12-18(20)16-10-7-6-9-15(16)17;1-2-4-5-3-1;2*1-2/h6-7,9-12,14,20H,3-5,8,13H2,1-2H3;1-4H2;2*1-2H3/p+1. The van der Waals surface area contributed by atoms with E-state index < -0.39 is 0 Å². The van der Waals surface area contributed by atoms with E-state index in [1.54, 1.807) is 0 Å². The van der Waals surface area contributed by atoms with E-state index in [9.17, 15) is 0 Å². The second-order valence-electron chi connectivity index (χ2n) is 6.73. The van der Waals surface area contributed by atoms with Crippen molar-refractivity contribution in [2.75, 3.05) is 19.8 Å². The first kappa shape index (κ1) is 27.8. The summed E-state index contributed by atoms with van der Waals surface area (Å²) in [4.78, 5) is 1.01. The first-order valence-electron chi connectivity index (χ1n) is 11.7. The average molecular weight is 422 g/mol. The minimum absolute atomic E-state index is 0.657. The van der Waals surface area contributed by atoms with Gasteiger partial charge in [0.15, 0.2) is 0 Å². The number of aliphatic hydroxyl groups is 2. The van der Waals surface area contributed by atoms with E-state index in [2.05, 4.69) is 49.4 Å². The number of fused-ring (bicyclic) bond motifs is 1. The monoisotopic (exact) mass is 421 g/mol. The second-order valence-corrected chi connectivity index (χ2v) is 7.22. The average Bonchev–Trinajstić information content (AvgIpc) is 3.38. The molecule has 1 aliphatic rings. The maximum atomic E-state index is 6.09. The number of benzene rings is 2. The molecule has 0 amide bonds. The quantitative estimate of drug-likeness (QED) is 0.354. The fourth-order valence-corrected chi connectivity index (χ4v) is 3.32. The van der Waals surface area contributed by atoms with Crippen LogP contribution in [0.5, 0.6) is 5.75 Å². The normalized spacial score (nSPS) is 13.2. The van der Waals surface area contributed by atoms with Gasteiger partial charge in [-0.1, -0.05) is 85.1 Å². The van der Waals surface area contributed by atoms with Crippen LogP contribution >= 0.6 is 12.6 Å². The third kappa shape index (κ3) is 11.0. The largest absolute Gasteiger partial charge is 0.493 e. The maximum absolute atomic E-state index is 6.09. The van der Waals surface area contributed by atoms with Gasteiger partial charge in [-0.25, -0.2) is 0 Å². The fourth-order valence-electron chi connectivity index (χ4n) is 3.05. The van der Waals surface area contributed by atoms with Gasteiger partial charge in [-0.3, -0.25) is 0 Å².